The molecule has 7 nitrogen and oxygen atoms in total. The highest BCUT2D eigenvalue weighted by atomic mass is 35.5. The summed E-state index contributed by atoms with van der Waals surface area (Å²) in [6.07, 6.45) is 1.48. The van der Waals surface area contributed by atoms with Crippen molar-refractivity contribution in [1.82, 2.24) is 14.2 Å². The van der Waals surface area contributed by atoms with E-state index in [-0.39, 0.29) is 10.8 Å². The van der Waals surface area contributed by atoms with Crippen LogP contribution in [0.15, 0.2) is 47.4 Å². The molecule has 3 aromatic rings. The first-order valence-electron chi connectivity index (χ1n) is 12.5. The van der Waals surface area contributed by atoms with Crippen LogP contribution >= 0.6 is 22.9 Å². The number of sulfonamides is 1. The second-order valence-corrected chi connectivity index (χ2v) is 11.9. The fourth-order valence-corrected chi connectivity index (χ4v) is 6.88. The van der Waals surface area contributed by atoms with E-state index in [4.69, 9.17) is 16.6 Å². The molecule has 0 N–H and O–H groups in total. The standard InChI is InChI=1S/C26H35ClN4O3S2/c1-5-15-30(16-6-2)36(33,34)22-12-9-20(10-13-22)25(32)31(18-17-29(7-3)8-4)26-28-23-14-11-21(27)19-24(23)35-26/h9-14,19H,5-8,15-18H2,1-4H3. The average molecular weight is 551 g/mol. The number of benzene rings is 2. The highest BCUT2D eigenvalue weighted by Gasteiger charge is 2.25. The molecule has 0 atom stereocenters. The lowest BCUT2D eigenvalue weighted by Crippen LogP contribution is -2.39. The minimum Gasteiger partial charge on any atom is -0.302 e. The second kappa shape index (κ2) is 13.0. The van der Waals surface area contributed by atoms with Crippen LogP contribution in [0.2, 0.25) is 5.02 Å². The molecule has 1 heterocycles. The number of carbonyl (C=O) groups excluding carboxylic acids is 1. The Labute approximate surface area is 223 Å². The summed E-state index contributed by atoms with van der Waals surface area (Å²) in [6.45, 7) is 12.0. The summed E-state index contributed by atoms with van der Waals surface area (Å²) in [5.74, 6) is -0.213. The molecule has 10 heteroatoms. The van der Waals surface area contributed by atoms with E-state index in [1.807, 2.05) is 26.0 Å². The smallest absolute Gasteiger partial charge is 0.260 e. The third-order valence-corrected chi connectivity index (χ3v) is 9.22. The van der Waals surface area contributed by atoms with Gasteiger partial charge in [-0.2, -0.15) is 4.31 Å². The molecule has 0 bridgehead atoms. The first-order chi connectivity index (χ1) is 17.2. The maximum atomic E-state index is 13.7. The van der Waals surface area contributed by atoms with Crippen molar-refractivity contribution in [3.05, 3.63) is 53.1 Å². The minimum atomic E-state index is -3.61. The van der Waals surface area contributed by atoms with Gasteiger partial charge in [-0.05, 0) is 68.4 Å². The Hall–Kier alpha value is -2.04. The van der Waals surface area contributed by atoms with E-state index in [1.54, 1.807) is 23.1 Å². The Morgan fingerprint density at radius 3 is 2.14 bits per heavy atom. The van der Waals surface area contributed by atoms with Crippen molar-refractivity contribution in [2.45, 2.75) is 45.4 Å². The van der Waals surface area contributed by atoms with Crippen LogP contribution in [0.3, 0.4) is 0 Å². The molecule has 0 saturated carbocycles. The van der Waals surface area contributed by atoms with Gasteiger partial charge in [0.1, 0.15) is 0 Å². The lowest BCUT2D eigenvalue weighted by atomic mass is 10.2. The molecular formula is C26H35ClN4O3S2. The van der Waals surface area contributed by atoms with Crippen LogP contribution in [0.5, 0.6) is 0 Å². The Morgan fingerprint density at radius 2 is 1.56 bits per heavy atom. The molecule has 2 aromatic carbocycles. The van der Waals surface area contributed by atoms with Gasteiger partial charge in [0.15, 0.2) is 5.13 Å². The Kier molecular flexibility index (Phi) is 10.3. The van der Waals surface area contributed by atoms with Crippen molar-refractivity contribution in [2.75, 3.05) is 44.2 Å². The normalized spacial score (nSPS) is 12.1. The van der Waals surface area contributed by atoms with Crippen LogP contribution in [-0.4, -0.2) is 67.8 Å². The number of aromatic nitrogens is 1. The number of rotatable bonds is 13. The van der Waals surface area contributed by atoms with E-state index in [9.17, 15) is 13.2 Å². The Morgan fingerprint density at radius 1 is 0.917 bits per heavy atom. The number of amides is 1. The van der Waals surface area contributed by atoms with Crippen molar-refractivity contribution in [3.8, 4) is 0 Å². The van der Waals surface area contributed by atoms with Gasteiger partial charge in [0.25, 0.3) is 5.91 Å². The zero-order valence-electron chi connectivity index (χ0n) is 21.4. The Bertz CT molecular complexity index is 1250. The number of anilines is 1. The monoisotopic (exact) mass is 550 g/mol. The van der Waals surface area contributed by atoms with Gasteiger partial charge in [-0.3, -0.25) is 9.69 Å². The summed E-state index contributed by atoms with van der Waals surface area (Å²) in [7, 11) is -3.61. The van der Waals surface area contributed by atoms with E-state index in [0.717, 1.165) is 36.1 Å². The molecule has 0 saturated heterocycles. The fraction of sp³-hybridized carbons (Fsp3) is 0.462. The van der Waals surface area contributed by atoms with E-state index < -0.39 is 10.0 Å². The van der Waals surface area contributed by atoms with Crippen molar-refractivity contribution >= 4 is 54.2 Å². The number of hydrogen-bond acceptors (Lipinski definition) is 6. The fourth-order valence-electron chi connectivity index (χ4n) is 3.99. The molecular weight excluding hydrogens is 516 g/mol. The van der Waals surface area contributed by atoms with Gasteiger partial charge in [0.2, 0.25) is 10.0 Å². The molecule has 0 unspecified atom stereocenters. The summed E-state index contributed by atoms with van der Waals surface area (Å²) in [6, 6.07) is 11.7. The van der Waals surface area contributed by atoms with Gasteiger partial charge in [0.05, 0.1) is 15.1 Å². The summed E-state index contributed by atoms with van der Waals surface area (Å²) >= 11 is 7.58. The number of thiazole rings is 1. The lowest BCUT2D eigenvalue weighted by molar-refractivity contribution is 0.0983. The number of carbonyl (C=O) groups is 1. The zero-order valence-corrected chi connectivity index (χ0v) is 23.8. The molecule has 1 amide bonds. The summed E-state index contributed by atoms with van der Waals surface area (Å²) in [4.78, 5) is 22.5. The van der Waals surface area contributed by atoms with Crippen molar-refractivity contribution < 1.29 is 13.2 Å². The molecule has 0 spiro atoms. The highest BCUT2D eigenvalue weighted by Crippen LogP contribution is 2.31. The molecule has 0 aliphatic carbocycles. The first-order valence-corrected chi connectivity index (χ1v) is 15.1. The van der Waals surface area contributed by atoms with Crippen LogP contribution < -0.4 is 4.90 Å². The second-order valence-electron chi connectivity index (χ2n) is 8.52. The maximum absolute atomic E-state index is 13.7. The van der Waals surface area contributed by atoms with Crippen LogP contribution in [-0.2, 0) is 10.0 Å². The van der Waals surface area contributed by atoms with E-state index in [0.29, 0.717) is 41.9 Å². The number of hydrogen-bond donors (Lipinski definition) is 0. The summed E-state index contributed by atoms with van der Waals surface area (Å²) < 4.78 is 28.7. The minimum absolute atomic E-state index is 0.199. The lowest BCUT2D eigenvalue weighted by Gasteiger charge is -2.25. The van der Waals surface area contributed by atoms with Gasteiger partial charge in [-0.1, -0.05) is 50.6 Å². The molecule has 1 aromatic heterocycles. The quantitative estimate of drug-likeness (QED) is 0.271. The van der Waals surface area contributed by atoms with Gasteiger partial charge < -0.3 is 4.90 Å². The van der Waals surface area contributed by atoms with Crippen LogP contribution in [0.4, 0.5) is 5.13 Å². The largest absolute Gasteiger partial charge is 0.302 e. The average Bonchev–Trinajstić information content (AvgIpc) is 3.29. The molecule has 3 rings (SSSR count). The summed E-state index contributed by atoms with van der Waals surface area (Å²) in [5, 5.41) is 1.22. The molecule has 0 aliphatic heterocycles. The number of halogens is 1. The van der Waals surface area contributed by atoms with Gasteiger partial charge in [-0.25, -0.2) is 13.4 Å². The van der Waals surface area contributed by atoms with Gasteiger partial charge in [-0.15, -0.1) is 0 Å². The maximum Gasteiger partial charge on any atom is 0.260 e. The van der Waals surface area contributed by atoms with Crippen LogP contribution in [0.1, 0.15) is 50.9 Å². The van der Waals surface area contributed by atoms with Crippen molar-refractivity contribution in [1.29, 1.82) is 0 Å². The first kappa shape index (κ1) is 28.5. The third kappa shape index (κ3) is 6.63. The zero-order chi connectivity index (χ0) is 26.3. The van der Waals surface area contributed by atoms with E-state index in [1.165, 1.54) is 27.8 Å². The number of nitrogens with zero attached hydrogens (tertiary/aromatic N) is 4. The SMILES string of the molecule is CCCN(CCC)S(=O)(=O)c1ccc(C(=O)N(CCN(CC)CC)c2nc3ccc(Cl)cc3s2)cc1. The molecule has 0 radical (unpaired) electrons. The van der Waals surface area contributed by atoms with Crippen LogP contribution in [0.25, 0.3) is 10.2 Å². The van der Waals surface area contributed by atoms with Gasteiger partial charge >= 0.3 is 0 Å². The van der Waals surface area contributed by atoms with Crippen LogP contribution in [0, 0.1) is 0 Å². The molecule has 0 fully saturated rings. The van der Waals surface area contributed by atoms with Crippen molar-refractivity contribution in [2.24, 2.45) is 0 Å². The topological polar surface area (TPSA) is 73.8 Å². The predicted molar refractivity (Wildman–Crippen MR) is 150 cm³/mol. The molecule has 196 valence electrons. The third-order valence-electron chi connectivity index (χ3n) is 6.03. The summed E-state index contributed by atoms with van der Waals surface area (Å²) in [5.41, 5.74) is 1.21. The predicted octanol–water partition coefficient (Wildman–Crippen LogP) is 5.75. The van der Waals surface area contributed by atoms with Gasteiger partial charge in [0, 0.05) is 36.8 Å². The van der Waals surface area contributed by atoms with E-state index >= 15 is 0 Å². The molecule has 0 aliphatic rings. The molecule has 36 heavy (non-hydrogen) atoms. The number of likely N-dealkylation sites (N-methyl/N-ethyl adjacent to an activating group) is 1. The number of fused-ring (bicyclic) bond motifs is 1. The van der Waals surface area contributed by atoms with E-state index in [2.05, 4.69) is 18.7 Å². The Balaban J connectivity index is 1.92. The van der Waals surface area contributed by atoms with Crippen molar-refractivity contribution in [3.63, 3.8) is 0 Å². The highest BCUT2D eigenvalue weighted by molar-refractivity contribution is 7.89.